The molecule has 1 aromatic heterocycles. The largest absolute Gasteiger partial charge is 0.496 e. The number of amides is 2. The van der Waals surface area contributed by atoms with Gasteiger partial charge in [-0.3, -0.25) is 0 Å². The first-order chi connectivity index (χ1) is 11.7. The molecule has 0 aliphatic rings. The molecule has 0 aliphatic carbocycles. The average Bonchev–Trinajstić information content (AvgIpc) is 3.12. The number of urea groups is 1. The molecule has 6 heteroatoms. The second kappa shape index (κ2) is 7.31. The molecular formula is C18H19N3O2S. The lowest BCUT2D eigenvalue weighted by Gasteiger charge is -2.18. The third-order valence-electron chi connectivity index (χ3n) is 3.86. The molecule has 2 amide bonds. The predicted octanol–water partition coefficient (Wildman–Crippen LogP) is 3.65. The number of ether oxygens (including phenoxy) is 1. The Balaban J connectivity index is 1.74. The Hall–Kier alpha value is -2.60. The summed E-state index contributed by atoms with van der Waals surface area (Å²) in [5, 5.41) is 7.11. The standard InChI is InChI=1S/C18H19N3O2S/c1-21(10-14-11-24-12-20-14)18(22)19-9-16-15-6-4-3-5-13(15)7-8-17(16)23-2/h3-8,11-12H,9-10H2,1-2H3,(H,19,22). The number of nitrogens with zero attached hydrogens (tertiary/aromatic N) is 2. The monoisotopic (exact) mass is 341 g/mol. The normalized spacial score (nSPS) is 10.6. The minimum Gasteiger partial charge on any atom is -0.496 e. The molecule has 1 N–H and O–H groups in total. The van der Waals surface area contributed by atoms with Crippen LogP contribution in [-0.4, -0.2) is 30.1 Å². The van der Waals surface area contributed by atoms with E-state index in [4.69, 9.17) is 4.74 Å². The number of benzene rings is 2. The number of carbonyl (C=O) groups excluding carboxylic acids is 1. The van der Waals surface area contributed by atoms with E-state index in [0.29, 0.717) is 13.1 Å². The van der Waals surface area contributed by atoms with E-state index in [9.17, 15) is 4.79 Å². The van der Waals surface area contributed by atoms with Gasteiger partial charge in [-0.1, -0.05) is 30.3 Å². The zero-order valence-electron chi connectivity index (χ0n) is 13.7. The van der Waals surface area contributed by atoms with Crippen molar-refractivity contribution in [1.29, 1.82) is 0 Å². The molecule has 3 aromatic rings. The van der Waals surface area contributed by atoms with Crippen molar-refractivity contribution < 1.29 is 9.53 Å². The first kappa shape index (κ1) is 16.3. The van der Waals surface area contributed by atoms with Gasteiger partial charge in [-0.05, 0) is 16.8 Å². The quantitative estimate of drug-likeness (QED) is 0.771. The molecule has 124 valence electrons. The molecule has 0 saturated heterocycles. The fourth-order valence-electron chi connectivity index (χ4n) is 2.62. The molecule has 0 aliphatic heterocycles. The zero-order chi connectivity index (χ0) is 16.9. The Bertz CT molecular complexity index is 833. The number of rotatable bonds is 5. The minimum absolute atomic E-state index is 0.141. The van der Waals surface area contributed by atoms with Gasteiger partial charge < -0.3 is 15.0 Å². The van der Waals surface area contributed by atoms with Gasteiger partial charge in [-0.25, -0.2) is 9.78 Å². The summed E-state index contributed by atoms with van der Waals surface area (Å²) < 4.78 is 5.46. The summed E-state index contributed by atoms with van der Waals surface area (Å²) in [6, 6.07) is 11.9. The molecule has 0 radical (unpaired) electrons. The molecule has 0 unspecified atom stereocenters. The van der Waals surface area contributed by atoms with Gasteiger partial charge >= 0.3 is 6.03 Å². The SMILES string of the molecule is COc1ccc2ccccc2c1CNC(=O)N(C)Cc1cscn1. The van der Waals surface area contributed by atoms with Gasteiger partial charge in [0.05, 0.1) is 24.9 Å². The molecule has 24 heavy (non-hydrogen) atoms. The molecule has 0 saturated carbocycles. The summed E-state index contributed by atoms with van der Waals surface area (Å²) in [5.74, 6) is 0.774. The van der Waals surface area contributed by atoms with E-state index < -0.39 is 0 Å². The summed E-state index contributed by atoms with van der Waals surface area (Å²) >= 11 is 1.52. The fourth-order valence-corrected chi connectivity index (χ4v) is 3.17. The van der Waals surface area contributed by atoms with Crippen LogP contribution in [0.2, 0.25) is 0 Å². The van der Waals surface area contributed by atoms with E-state index in [2.05, 4.69) is 16.4 Å². The highest BCUT2D eigenvalue weighted by Gasteiger charge is 2.13. The van der Waals surface area contributed by atoms with Crippen molar-refractivity contribution in [1.82, 2.24) is 15.2 Å². The highest BCUT2D eigenvalue weighted by Crippen LogP contribution is 2.27. The van der Waals surface area contributed by atoms with Crippen molar-refractivity contribution in [2.45, 2.75) is 13.1 Å². The van der Waals surface area contributed by atoms with Crippen LogP contribution in [0.25, 0.3) is 10.8 Å². The molecule has 0 atom stereocenters. The van der Waals surface area contributed by atoms with Gasteiger partial charge in [0.2, 0.25) is 0 Å². The first-order valence-corrected chi connectivity index (χ1v) is 8.54. The number of nitrogens with one attached hydrogen (secondary N) is 1. The molecule has 2 aromatic carbocycles. The Labute approximate surface area is 144 Å². The smallest absolute Gasteiger partial charge is 0.317 e. The summed E-state index contributed by atoms with van der Waals surface area (Å²) in [6.45, 7) is 0.896. The lowest BCUT2D eigenvalue weighted by molar-refractivity contribution is 0.206. The lowest BCUT2D eigenvalue weighted by Crippen LogP contribution is -2.36. The van der Waals surface area contributed by atoms with Crippen molar-refractivity contribution in [2.75, 3.05) is 14.2 Å². The maximum absolute atomic E-state index is 12.3. The van der Waals surface area contributed by atoms with E-state index in [1.807, 2.05) is 35.7 Å². The predicted molar refractivity (Wildman–Crippen MR) is 96.3 cm³/mol. The van der Waals surface area contributed by atoms with E-state index in [1.54, 1.807) is 24.6 Å². The topological polar surface area (TPSA) is 54.5 Å². The number of methoxy groups -OCH3 is 1. The van der Waals surface area contributed by atoms with Crippen molar-refractivity contribution >= 4 is 28.1 Å². The number of thiazole rings is 1. The van der Waals surface area contributed by atoms with Crippen LogP contribution in [0.15, 0.2) is 47.3 Å². The number of fused-ring (bicyclic) bond motifs is 1. The van der Waals surface area contributed by atoms with Crippen molar-refractivity contribution in [3.05, 3.63) is 58.5 Å². The van der Waals surface area contributed by atoms with Gasteiger partial charge in [-0.15, -0.1) is 11.3 Å². The van der Waals surface area contributed by atoms with Crippen LogP contribution in [0.3, 0.4) is 0 Å². The molecule has 0 spiro atoms. The lowest BCUT2D eigenvalue weighted by atomic mass is 10.0. The average molecular weight is 341 g/mol. The molecule has 0 bridgehead atoms. The van der Waals surface area contributed by atoms with Crippen LogP contribution < -0.4 is 10.1 Å². The van der Waals surface area contributed by atoms with E-state index in [0.717, 1.165) is 27.8 Å². The van der Waals surface area contributed by atoms with Crippen LogP contribution in [-0.2, 0) is 13.1 Å². The summed E-state index contributed by atoms with van der Waals surface area (Å²) in [5.41, 5.74) is 3.63. The molecule has 5 nitrogen and oxygen atoms in total. The van der Waals surface area contributed by atoms with Crippen LogP contribution in [0.1, 0.15) is 11.3 Å². The number of hydrogen-bond donors (Lipinski definition) is 1. The highest BCUT2D eigenvalue weighted by molar-refractivity contribution is 7.07. The second-order valence-electron chi connectivity index (χ2n) is 5.46. The first-order valence-electron chi connectivity index (χ1n) is 7.59. The molecule has 0 fully saturated rings. The summed E-state index contributed by atoms with van der Waals surface area (Å²) in [6.07, 6.45) is 0. The van der Waals surface area contributed by atoms with Crippen molar-refractivity contribution in [2.24, 2.45) is 0 Å². The number of carbonyl (C=O) groups is 1. The van der Waals surface area contributed by atoms with Gasteiger partial charge in [0.15, 0.2) is 0 Å². The van der Waals surface area contributed by atoms with Crippen LogP contribution >= 0.6 is 11.3 Å². The van der Waals surface area contributed by atoms with Gasteiger partial charge in [0.1, 0.15) is 5.75 Å². The van der Waals surface area contributed by atoms with E-state index in [-0.39, 0.29) is 6.03 Å². The van der Waals surface area contributed by atoms with E-state index in [1.165, 1.54) is 11.3 Å². The van der Waals surface area contributed by atoms with Crippen molar-refractivity contribution in [3.8, 4) is 5.75 Å². The highest BCUT2D eigenvalue weighted by atomic mass is 32.1. The summed E-state index contributed by atoms with van der Waals surface area (Å²) in [4.78, 5) is 18.1. The van der Waals surface area contributed by atoms with Gasteiger partial charge in [0, 0.05) is 24.5 Å². The Morgan fingerprint density at radius 3 is 2.88 bits per heavy atom. The third-order valence-corrected chi connectivity index (χ3v) is 4.50. The van der Waals surface area contributed by atoms with Gasteiger partial charge in [-0.2, -0.15) is 0 Å². The number of aromatic nitrogens is 1. The van der Waals surface area contributed by atoms with Crippen LogP contribution in [0, 0.1) is 0 Å². The Morgan fingerprint density at radius 1 is 1.29 bits per heavy atom. The minimum atomic E-state index is -0.141. The molecular weight excluding hydrogens is 322 g/mol. The third kappa shape index (κ3) is 3.49. The van der Waals surface area contributed by atoms with Crippen LogP contribution in [0.4, 0.5) is 4.79 Å². The maximum atomic E-state index is 12.3. The second-order valence-corrected chi connectivity index (χ2v) is 6.18. The maximum Gasteiger partial charge on any atom is 0.317 e. The number of hydrogen-bond acceptors (Lipinski definition) is 4. The van der Waals surface area contributed by atoms with Crippen molar-refractivity contribution in [3.63, 3.8) is 0 Å². The zero-order valence-corrected chi connectivity index (χ0v) is 14.5. The Kier molecular flexibility index (Phi) is 4.96. The molecule has 1 heterocycles. The molecule has 3 rings (SSSR count). The van der Waals surface area contributed by atoms with Gasteiger partial charge in [0.25, 0.3) is 0 Å². The Morgan fingerprint density at radius 2 is 2.12 bits per heavy atom. The summed E-state index contributed by atoms with van der Waals surface area (Å²) in [7, 11) is 3.40. The van der Waals surface area contributed by atoms with E-state index >= 15 is 0 Å². The van der Waals surface area contributed by atoms with Crippen LogP contribution in [0.5, 0.6) is 5.75 Å². The fraction of sp³-hybridized carbons (Fsp3) is 0.222.